The lowest BCUT2D eigenvalue weighted by Gasteiger charge is -2.20. The Labute approximate surface area is 149 Å². The van der Waals surface area contributed by atoms with Crippen molar-refractivity contribution >= 4 is 16.1 Å². The van der Waals surface area contributed by atoms with Crippen molar-refractivity contribution in [3.05, 3.63) is 71.4 Å². The molecule has 25 heavy (non-hydrogen) atoms. The van der Waals surface area contributed by atoms with E-state index >= 15 is 0 Å². The predicted octanol–water partition coefficient (Wildman–Crippen LogP) is 2.59. The highest BCUT2D eigenvalue weighted by Gasteiger charge is 2.23. The third kappa shape index (κ3) is 5.22. The smallest absolute Gasteiger partial charge is 0.236 e. The van der Waals surface area contributed by atoms with Crippen molar-refractivity contribution in [2.75, 3.05) is 26.2 Å². The standard InChI is InChI=1S/C19H23N3O2S/c23-25(24,16-10-18-7-2-1-3-8-18)22-13-6-12-21(14-15-22)17-19-9-4-5-11-20-19/h1-5,7-11,16H,6,12-15,17H2/b16-10+. The van der Waals surface area contributed by atoms with Gasteiger partial charge in [-0.15, -0.1) is 0 Å². The van der Waals surface area contributed by atoms with E-state index in [0.29, 0.717) is 13.1 Å². The number of sulfonamides is 1. The molecule has 132 valence electrons. The monoisotopic (exact) mass is 357 g/mol. The highest BCUT2D eigenvalue weighted by molar-refractivity contribution is 7.92. The van der Waals surface area contributed by atoms with Crippen LogP contribution in [0.2, 0.25) is 0 Å². The van der Waals surface area contributed by atoms with E-state index in [4.69, 9.17) is 0 Å². The largest absolute Gasteiger partial charge is 0.296 e. The normalized spacial score (nSPS) is 17.6. The molecule has 0 radical (unpaired) electrons. The maximum absolute atomic E-state index is 12.6. The van der Waals surface area contributed by atoms with E-state index in [1.54, 1.807) is 16.6 Å². The maximum Gasteiger partial charge on any atom is 0.236 e. The molecule has 2 aromatic rings. The number of hydrogen-bond acceptors (Lipinski definition) is 4. The molecule has 1 aromatic heterocycles. The molecule has 3 rings (SSSR count). The Hall–Kier alpha value is -2.02. The van der Waals surface area contributed by atoms with E-state index in [1.807, 2.05) is 48.5 Å². The average molecular weight is 357 g/mol. The first kappa shape index (κ1) is 17.8. The zero-order valence-corrected chi connectivity index (χ0v) is 15.0. The molecule has 0 bridgehead atoms. The molecule has 0 amide bonds. The molecule has 0 atom stereocenters. The van der Waals surface area contributed by atoms with Gasteiger partial charge in [-0.2, -0.15) is 4.31 Å². The quantitative estimate of drug-likeness (QED) is 0.825. The summed E-state index contributed by atoms with van der Waals surface area (Å²) in [5, 5.41) is 1.32. The summed E-state index contributed by atoms with van der Waals surface area (Å²) >= 11 is 0. The second-order valence-electron chi connectivity index (χ2n) is 6.11. The molecule has 0 aliphatic carbocycles. The van der Waals surface area contributed by atoms with Crippen molar-refractivity contribution in [2.45, 2.75) is 13.0 Å². The van der Waals surface area contributed by atoms with E-state index in [0.717, 1.165) is 37.3 Å². The Bertz CT molecular complexity index is 792. The van der Waals surface area contributed by atoms with Crippen LogP contribution in [0.5, 0.6) is 0 Å². The zero-order valence-electron chi connectivity index (χ0n) is 14.2. The van der Waals surface area contributed by atoms with Crippen LogP contribution in [-0.2, 0) is 16.6 Å². The van der Waals surface area contributed by atoms with Crippen molar-refractivity contribution in [2.24, 2.45) is 0 Å². The summed E-state index contributed by atoms with van der Waals surface area (Å²) in [7, 11) is -3.39. The molecule has 6 heteroatoms. The van der Waals surface area contributed by atoms with Crippen LogP contribution in [0.25, 0.3) is 6.08 Å². The number of aromatic nitrogens is 1. The summed E-state index contributed by atoms with van der Waals surface area (Å²) in [5.41, 5.74) is 1.90. The molecule has 0 spiro atoms. The number of rotatable bonds is 5. The number of pyridine rings is 1. The van der Waals surface area contributed by atoms with Crippen LogP contribution in [0, 0.1) is 0 Å². The number of benzene rings is 1. The van der Waals surface area contributed by atoms with Gasteiger partial charge in [-0.3, -0.25) is 9.88 Å². The molecule has 1 aliphatic heterocycles. The Morgan fingerprint density at radius 1 is 0.960 bits per heavy atom. The minimum atomic E-state index is -3.39. The predicted molar refractivity (Wildman–Crippen MR) is 100 cm³/mol. The summed E-state index contributed by atoms with van der Waals surface area (Å²) in [5.74, 6) is 0. The first-order chi connectivity index (χ1) is 12.1. The minimum Gasteiger partial charge on any atom is -0.296 e. The lowest BCUT2D eigenvalue weighted by molar-refractivity contribution is 0.275. The topological polar surface area (TPSA) is 53.5 Å². The third-order valence-corrected chi connectivity index (χ3v) is 5.82. The second-order valence-corrected chi connectivity index (χ2v) is 7.93. The first-order valence-electron chi connectivity index (χ1n) is 8.49. The van der Waals surface area contributed by atoms with E-state index in [2.05, 4.69) is 9.88 Å². The molecule has 0 N–H and O–H groups in total. The molecule has 1 saturated heterocycles. The Balaban J connectivity index is 1.61. The van der Waals surface area contributed by atoms with Crippen LogP contribution in [0.1, 0.15) is 17.7 Å². The molecular weight excluding hydrogens is 334 g/mol. The Kier molecular flexibility index (Phi) is 5.96. The van der Waals surface area contributed by atoms with Gasteiger partial charge in [0.2, 0.25) is 10.0 Å². The first-order valence-corrected chi connectivity index (χ1v) is 9.99. The van der Waals surface area contributed by atoms with Gasteiger partial charge in [0.05, 0.1) is 5.69 Å². The van der Waals surface area contributed by atoms with Crippen LogP contribution < -0.4 is 0 Å². The molecule has 1 fully saturated rings. The fourth-order valence-corrected chi connectivity index (χ4v) is 4.12. The van der Waals surface area contributed by atoms with E-state index in [9.17, 15) is 8.42 Å². The average Bonchev–Trinajstić information content (AvgIpc) is 2.88. The minimum absolute atomic E-state index is 0.508. The highest BCUT2D eigenvalue weighted by Crippen LogP contribution is 2.13. The third-order valence-electron chi connectivity index (χ3n) is 4.25. The van der Waals surface area contributed by atoms with Gasteiger partial charge < -0.3 is 0 Å². The van der Waals surface area contributed by atoms with Crippen LogP contribution in [-0.4, -0.2) is 48.8 Å². The van der Waals surface area contributed by atoms with E-state index in [-0.39, 0.29) is 0 Å². The van der Waals surface area contributed by atoms with Gasteiger partial charge in [0.1, 0.15) is 0 Å². The molecule has 1 aromatic carbocycles. The fourth-order valence-electron chi connectivity index (χ4n) is 2.90. The van der Waals surface area contributed by atoms with Gasteiger partial charge >= 0.3 is 0 Å². The van der Waals surface area contributed by atoms with Crippen LogP contribution in [0.3, 0.4) is 0 Å². The Morgan fingerprint density at radius 2 is 1.76 bits per heavy atom. The van der Waals surface area contributed by atoms with Gasteiger partial charge in [0.25, 0.3) is 0 Å². The van der Waals surface area contributed by atoms with Gasteiger partial charge in [0.15, 0.2) is 0 Å². The molecule has 1 aliphatic rings. The highest BCUT2D eigenvalue weighted by atomic mass is 32.2. The van der Waals surface area contributed by atoms with Gasteiger partial charge in [0, 0.05) is 37.8 Å². The number of nitrogens with zero attached hydrogens (tertiary/aromatic N) is 3. The van der Waals surface area contributed by atoms with Gasteiger partial charge in [-0.05, 0) is 36.7 Å². The molecule has 5 nitrogen and oxygen atoms in total. The summed E-state index contributed by atoms with van der Waals surface area (Å²) in [6, 6.07) is 15.4. The molecule has 0 unspecified atom stereocenters. The van der Waals surface area contributed by atoms with Crippen molar-refractivity contribution in [3.63, 3.8) is 0 Å². The lowest BCUT2D eigenvalue weighted by Crippen LogP contribution is -2.34. The second kappa shape index (κ2) is 8.38. The van der Waals surface area contributed by atoms with Crippen molar-refractivity contribution in [3.8, 4) is 0 Å². The van der Waals surface area contributed by atoms with Gasteiger partial charge in [-0.1, -0.05) is 36.4 Å². The fraction of sp³-hybridized carbons (Fsp3) is 0.316. The van der Waals surface area contributed by atoms with Gasteiger partial charge in [-0.25, -0.2) is 8.42 Å². The molecule has 2 heterocycles. The molecular formula is C19H23N3O2S. The van der Waals surface area contributed by atoms with Crippen molar-refractivity contribution in [1.82, 2.24) is 14.2 Å². The van der Waals surface area contributed by atoms with Crippen molar-refractivity contribution < 1.29 is 8.42 Å². The summed E-state index contributed by atoms with van der Waals surface area (Å²) in [6.45, 7) is 3.42. The van der Waals surface area contributed by atoms with Crippen LogP contribution >= 0.6 is 0 Å². The molecule has 0 saturated carbocycles. The lowest BCUT2D eigenvalue weighted by atomic mass is 10.2. The van der Waals surface area contributed by atoms with E-state index < -0.39 is 10.0 Å². The van der Waals surface area contributed by atoms with Crippen LogP contribution in [0.4, 0.5) is 0 Å². The zero-order chi connectivity index (χ0) is 17.5. The Morgan fingerprint density at radius 3 is 2.52 bits per heavy atom. The number of hydrogen-bond donors (Lipinski definition) is 0. The SMILES string of the molecule is O=S(=O)(/C=C/c1ccccc1)N1CCCN(Cc2ccccn2)CC1. The maximum atomic E-state index is 12.6. The van der Waals surface area contributed by atoms with Crippen molar-refractivity contribution in [1.29, 1.82) is 0 Å². The summed E-state index contributed by atoms with van der Waals surface area (Å²) in [4.78, 5) is 6.61. The summed E-state index contributed by atoms with van der Waals surface area (Å²) in [6.07, 6.45) is 4.27. The summed E-state index contributed by atoms with van der Waals surface area (Å²) < 4.78 is 26.7. The van der Waals surface area contributed by atoms with Crippen LogP contribution in [0.15, 0.2) is 60.1 Å². The van der Waals surface area contributed by atoms with E-state index in [1.165, 1.54) is 5.41 Å².